The van der Waals surface area contributed by atoms with Crippen LogP contribution in [0.15, 0.2) is 59.7 Å². The van der Waals surface area contributed by atoms with E-state index < -0.39 is 48.2 Å². The molecule has 0 spiro atoms. The normalized spacial score (nSPS) is 12.3. The molecule has 36 heavy (non-hydrogen) atoms. The zero-order valence-electron chi connectivity index (χ0n) is 19.2. The molecule has 0 bridgehead atoms. The van der Waals surface area contributed by atoms with Crippen molar-refractivity contribution in [1.82, 2.24) is 16.0 Å². The van der Waals surface area contributed by atoms with Gasteiger partial charge in [0.2, 0.25) is 11.8 Å². The summed E-state index contributed by atoms with van der Waals surface area (Å²) in [4.78, 5) is 60.0. The molecule has 2 aromatic rings. The predicted octanol–water partition coefficient (Wildman–Crippen LogP) is -0.129. The molecule has 0 saturated heterocycles. The largest absolute Gasteiger partial charge is 0.481 e. The third-order valence-corrected chi connectivity index (χ3v) is 4.96. The molecule has 12 nitrogen and oxygen atoms in total. The van der Waals surface area contributed by atoms with Crippen molar-refractivity contribution in [3.8, 4) is 0 Å². The van der Waals surface area contributed by atoms with Crippen LogP contribution in [0, 0.1) is 0 Å². The molecule has 0 aliphatic rings. The number of carboxylic acids is 2. The second-order valence-electron chi connectivity index (χ2n) is 7.71. The SMILES string of the molecule is NN=Cc1ccc(C(=O)NCCC(=O)N[C@@H](CC(=O)O)C(=O)N[C@@H](Cc2ccccc2)C(=O)O)cc1. The Bertz CT molecular complexity index is 1100. The molecule has 12 heteroatoms. The highest BCUT2D eigenvalue weighted by Crippen LogP contribution is 2.05. The lowest BCUT2D eigenvalue weighted by molar-refractivity contribution is -0.143. The highest BCUT2D eigenvalue weighted by atomic mass is 16.4. The van der Waals surface area contributed by atoms with E-state index in [1.807, 2.05) is 0 Å². The Labute approximate surface area is 206 Å². The number of nitrogens with one attached hydrogen (secondary N) is 3. The summed E-state index contributed by atoms with van der Waals surface area (Å²) in [6, 6.07) is 12.1. The van der Waals surface area contributed by atoms with E-state index in [2.05, 4.69) is 21.1 Å². The van der Waals surface area contributed by atoms with Gasteiger partial charge in [-0.15, -0.1) is 0 Å². The van der Waals surface area contributed by atoms with Crippen molar-refractivity contribution >= 4 is 35.9 Å². The molecule has 0 saturated carbocycles. The Morgan fingerprint density at radius 2 is 1.58 bits per heavy atom. The van der Waals surface area contributed by atoms with Gasteiger partial charge in [0.15, 0.2) is 0 Å². The number of carbonyl (C=O) groups is 5. The van der Waals surface area contributed by atoms with Crippen LogP contribution >= 0.6 is 0 Å². The van der Waals surface area contributed by atoms with Crippen LogP contribution in [-0.4, -0.2) is 64.7 Å². The average Bonchev–Trinajstić information content (AvgIpc) is 2.84. The van der Waals surface area contributed by atoms with Crippen molar-refractivity contribution in [2.45, 2.75) is 31.3 Å². The molecule has 3 amide bonds. The van der Waals surface area contributed by atoms with Gasteiger partial charge in [-0.3, -0.25) is 19.2 Å². The van der Waals surface area contributed by atoms with Gasteiger partial charge >= 0.3 is 11.9 Å². The molecular formula is C24H27N5O7. The summed E-state index contributed by atoms with van der Waals surface area (Å²) in [7, 11) is 0. The van der Waals surface area contributed by atoms with Crippen LogP contribution < -0.4 is 21.8 Å². The van der Waals surface area contributed by atoms with E-state index in [1.54, 1.807) is 54.6 Å². The second-order valence-corrected chi connectivity index (χ2v) is 7.71. The fourth-order valence-electron chi connectivity index (χ4n) is 3.17. The summed E-state index contributed by atoms with van der Waals surface area (Å²) in [5.41, 5.74) is 1.69. The zero-order valence-corrected chi connectivity index (χ0v) is 19.2. The van der Waals surface area contributed by atoms with Crippen molar-refractivity contribution < 1.29 is 34.2 Å². The Hall–Kier alpha value is -4.74. The lowest BCUT2D eigenvalue weighted by Crippen LogP contribution is -2.53. The van der Waals surface area contributed by atoms with E-state index in [-0.39, 0.29) is 19.4 Å². The van der Waals surface area contributed by atoms with E-state index in [4.69, 9.17) is 10.9 Å². The average molecular weight is 498 g/mol. The molecule has 0 aliphatic heterocycles. The van der Waals surface area contributed by atoms with Gasteiger partial charge in [-0.1, -0.05) is 42.5 Å². The lowest BCUT2D eigenvalue weighted by Gasteiger charge is -2.20. The standard InChI is InChI=1S/C24H27N5O7/c25-27-14-16-6-8-17(9-7-16)22(33)26-11-10-20(30)28-18(13-21(31)32)23(34)29-19(24(35)36)12-15-4-2-1-3-5-15/h1-9,14,18-19H,10-13,25H2,(H,26,33)(H,28,30)(H,29,34)(H,31,32)(H,35,36)/t18-,19-/m0/s1. The van der Waals surface area contributed by atoms with Gasteiger partial charge in [0, 0.05) is 24.9 Å². The monoisotopic (exact) mass is 497 g/mol. The van der Waals surface area contributed by atoms with Gasteiger partial charge in [0.25, 0.3) is 5.91 Å². The second kappa shape index (κ2) is 13.8. The summed E-state index contributed by atoms with van der Waals surface area (Å²) < 4.78 is 0. The maximum Gasteiger partial charge on any atom is 0.326 e. The minimum absolute atomic E-state index is 0.0261. The van der Waals surface area contributed by atoms with Gasteiger partial charge in [0.05, 0.1) is 12.6 Å². The summed E-state index contributed by atoms with van der Waals surface area (Å²) in [5.74, 6) is 0.323. The molecule has 190 valence electrons. The van der Waals surface area contributed by atoms with Gasteiger partial charge in [0.1, 0.15) is 12.1 Å². The Morgan fingerprint density at radius 3 is 2.17 bits per heavy atom. The summed E-state index contributed by atoms with van der Waals surface area (Å²) in [6.45, 7) is -0.0795. The third kappa shape index (κ3) is 9.25. The number of benzene rings is 2. The van der Waals surface area contributed by atoms with Crippen molar-refractivity contribution in [1.29, 1.82) is 0 Å². The van der Waals surface area contributed by atoms with Crippen molar-refractivity contribution in [3.63, 3.8) is 0 Å². The van der Waals surface area contributed by atoms with E-state index in [9.17, 15) is 29.1 Å². The first-order chi connectivity index (χ1) is 17.2. The molecule has 2 atom stereocenters. The topological polar surface area (TPSA) is 200 Å². The molecule has 2 aromatic carbocycles. The maximum atomic E-state index is 12.6. The van der Waals surface area contributed by atoms with Crippen molar-refractivity contribution in [2.24, 2.45) is 10.9 Å². The number of hydrogen-bond donors (Lipinski definition) is 6. The Balaban J connectivity index is 1.91. The molecule has 0 aliphatic carbocycles. The quantitative estimate of drug-likeness (QED) is 0.125. The first-order valence-corrected chi connectivity index (χ1v) is 10.9. The fraction of sp³-hybridized carbons (Fsp3) is 0.250. The first kappa shape index (κ1) is 27.5. The van der Waals surface area contributed by atoms with Crippen LogP contribution in [0.1, 0.15) is 34.3 Å². The molecule has 0 unspecified atom stereocenters. The summed E-state index contributed by atoms with van der Waals surface area (Å²) in [5, 5.41) is 29.1. The van der Waals surface area contributed by atoms with E-state index in [0.29, 0.717) is 16.7 Å². The zero-order chi connectivity index (χ0) is 26.5. The van der Waals surface area contributed by atoms with E-state index in [0.717, 1.165) is 0 Å². The number of amides is 3. The molecular weight excluding hydrogens is 470 g/mol. The molecule has 0 fully saturated rings. The number of carbonyl (C=O) groups excluding carboxylic acids is 3. The van der Waals surface area contributed by atoms with Crippen molar-refractivity contribution in [3.05, 3.63) is 71.3 Å². The number of nitrogens with two attached hydrogens (primary N) is 1. The number of aliphatic carboxylic acids is 2. The number of hydrogen-bond acceptors (Lipinski definition) is 7. The van der Waals surface area contributed by atoms with Crippen molar-refractivity contribution in [2.75, 3.05) is 6.54 Å². The summed E-state index contributed by atoms with van der Waals surface area (Å²) in [6.07, 6.45) is 0.400. The maximum absolute atomic E-state index is 12.6. The number of rotatable bonds is 13. The number of carboxylic acid groups (broad SMARTS) is 2. The van der Waals surface area contributed by atoms with Crippen LogP contribution in [0.2, 0.25) is 0 Å². The number of nitrogens with zero attached hydrogens (tertiary/aromatic N) is 1. The van der Waals surface area contributed by atoms with Gasteiger partial charge in [-0.2, -0.15) is 5.10 Å². The fourth-order valence-corrected chi connectivity index (χ4v) is 3.17. The minimum Gasteiger partial charge on any atom is -0.481 e. The van der Waals surface area contributed by atoms with Crippen LogP contribution in [0.3, 0.4) is 0 Å². The van der Waals surface area contributed by atoms with Crippen LogP contribution in [0.5, 0.6) is 0 Å². The molecule has 0 heterocycles. The number of hydrazone groups is 1. The first-order valence-electron chi connectivity index (χ1n) is 10.9. The van der Waals surface area contributed by atoms with Gasteiger partial charge in [-0.05, 0) is 23.3 Å². The van der Waals surface area contributed by atoms with E-state index in [1.165, 1.54) is 6.21 Å². The molecule has 0 aromatic heterocycles. The molecule has 2 rings (SSSR count). The van der Waals surface area contributed by atoms with Crippen LogP contribution in [-0.2, 0) is 25.6 Å². The highest BCUT2D eigenvalue weighted by Gasteiger charge is 2.28. The predicted molar refractivity (Wildman–Crippen MR) is 129 cm³/mol. The lowest BCUT2D eigenvalue weighted by atomic mass is 10.1. The van der Waals surface area contributed by atoms with Crippen LogP contribution in [0.4, 0.5) is 0 Å². The highest BCUT2D eigenvalue weighted by molar-refractivity contribution is 5.96. The Morgan fingerprint density at radius 1 is 0.917 bits per heavy atom. The molecule has 0 radical (unpaired) electrons. The Kier molecular flexibility index (Phi) is 10.6. The van der Waals surface area contributed by atoms with E-state index >= 15 is 0 Å². The molecule has 7 N–H and O–H groups in total. The van der Waals surface area contributed by atoms with Gasteiger partial charge < -0.3 is 32.0 Å². The third-order valence-electron chi connectivity index (χ3n) is 4.96. The van der Waals surface area contributed by atoms with Gasteiger partial charge in [-0.25, -0.2) is 4.79 Å². The summed E-state index contributed by atoms with van der Waals surface area (Å²) >= 11 is 0. The smallest absolute Gasteiger partial charge is 0.326 e. The minimum atomic E-state index is -1.50. The van der Waals surface area contributed by atoms with Crippen LogP contribution in [0.25, 0.3) is 0 Å².